The van der Waals surface area contributed by atoms with Crippen molar-refractivity contribution in [1.82, 2.24) is 0 Å². The van der Waals surface area contributed by atoms with Gasteiger partial charge in [-0.15, -0.1) is 0 Å². The van der Waals surface area contributed by atoms with Crippen LogP contribution in [0.4, 0.5) is 0 Å². The Bertz CT molecular complexity index is 434. The monoisotopic (exact) mass is 294 g/mol. The molecular formula is C17H30O2Si. The van der Waals surface area contributed by atoms with Crippen LogP contribution in [0.1, 0.15) is 55.4 Å². The Morgan fingerprint density at radius 2 is 1.45 bits per heavy atom. The summed E-state index contributed by atoms with van der Waals surface area (Å²) in [6.07, 6.45) is 0. The van der Waals surface area contributed by atoms with E-state index in [1.807, 2.05) is 13.8 Å². The van der Waals surface area contributed by atoms with E-state index in [4.69, 9.17) is 0 Å². The van der Waals surface area contributed by atoms with Gasteiger partial charge in [-0.25, -0.2) is 0 Å². The third kappa shape index (κ3) is 2.52. The van der Waals surface area contributed by atoms with Gasteiger partial charge in [0.25, 0.3) is 0 Å². The fraction of sp³-hybridized carbons (Fsp3) is 0.706. The van der Waals surface area contributed by atoms with Crippen LogP contribution in [0.3, 0.4) is 0 Å². The fourth-order valence-corrected chi connectivity index (χ4v) is 9.83. The van der Waals surface area contributed by atoms with Crippen LogP contribution < -0.4 is 0 Å². The fourth-order valence-electron chi connectivity index (χ4n) is 3.91. The molecule has 1 atom stereocenters. The molecule has 1 N–H and O–H groups in total. The second-order valence-corrected chi connectivity index (χ2v) is 12.9. The van der Waals surface area contributed by atoms with Gasteiger partial charge in [0.2, 0.25) is 5.78 Å². The number of rotatable bonds is 4. The third-order valence-electron chi connectivity index (χ3n) is 5.37. The average Bonchev–Trinajstić information content (AvgIpc) is 2.51. The van der Waals surface area contributed by atoms with E-state index in [0.29, 0.717) is 16.6 Å². The SMILES string of the molecule is CC1=C(O)C(=O)/C(=C\[Si](C(C)C)(C(C)C)C(C)C)C1C. The zero-order chi connectivity index (χ0) is 15.8. The average molecular weight is 295 g/mol. The van der Waals surface area contributed by atoms with Gasteiger partial charge in [0.15, 0.2) is 5.76 Å². The molecule has 1 aliphatic rings. The molecule has 0 radical (unpaired) electrons. The van der Waals surface area contributed by atoms with E-state index in [9.17, 15) is 9.90 Å². The number of ketones is 1. The Morgan fingerprint density at radius 3 is 1.70 bits per heavy atom. The summed E-state index contributed by atoms with van der Waals surface area (Å²) in [5, 5.41) is 9.92. The molecule has 3 heteroatoms. The molecule has 0 aromatic heterocycles. The lowest BCUT2D eigenvalue weighted by Gasteiger charge is -2.41. The summed E-state index contributed by atoms with van der Waals surface area (Å²) in [6, 6.07) is 0. The van der Waals surface area contributed by atoms with Gasteiger partial charge in [-0.3, -0.25) is 4.79 Å². The van der Waals surface area contributed by atoms with E-state index in [-0.39, 0.29) is 17.5 Å². The van der Waals surface area contributed by atoms with Gasteiger partial charge in [0, 0.05) is 11.5 Å². The molecule has 1 unspecified atom stereocenters. The molecule has 1 aliphatic carbocycles. The number of allylic oxidation sites excluding steroid dienone is 2. The van der Waals surface area contributed by atoms with Crippen LogP contribution in [-0.2, 0) is 4.79 Å². The summed E-state index contributed by atoms with van der Waals surface area (Å²) < 4.78 is 0. The van der Waals surface area contributed by atoms with Crippen molar-refractivity contribution >= 4 is 13.9 Å². The molecule has 0 fully saturated rings. The van der Waals surface area contributed by atoms with Crippen LogP contribution in [-0.4, -0.2) is 19.0 Å². The van der Waals surface area contributed by atoms with E-state index in [0.717, 1.165) is 11.1 Å². The maximum Gasteiger partial charge on any atom is 0.223 e. The molecule has 0 heterocycles. The first-order valence-corrected chi connectivity index (χ1v) is 10.0. The van der Waals surface area contributed by atoms with Crippen molar-refractivity contribution in [3.63, 3.8) is 0 Å². The second-order valence-electron chi connectivity index (χ2n) is 7.15. The Balaban J connectivity index is 3.41. The maximum atomic E-state index is 12.3. The van der Waals surface area contributed by atoms with Crippen LogP contribution in [0.5, 0.6) is 0 Å². The molecule has 0 aromatic carbocycles. The minimum atomic E-state index is -1.76. The molecule has 114 valence electrons. The molecule has 2 nitrogen and oxygen atoms in total. The molecule has 0 amide bonds. The van der Waals surface area contributed by atoms with Crippen molar-refractivity contribution in [1.29, 1.82) is 0 Å². The van der Waals surface area contributed by atoms with Gasteiger partial charge in [0.1, 0.15) is 0 Å². The summed E-state index contributed by atoms with van der Waals surface area (Å²) in [4.78, 5) is 12.3. The summed E-state index contributed by atoms with van der Waals surface area (Å²) in [7, 11) is -1.76. The topological polar surface area (TPSA) is 37.3 Å². The van der Waals surface area contributed by atoms with E-state index in [1.165, 1.54) is 0 Å². The zero-order valence-electron chi connectivity index (χ0n) is 14.2. The first kappa shape index (κ1) is 17.2. The van der Waals surface area contributed by atoms with Crippen LogP contribution >= 0.6 is 0 Å². The van der Waals surface area contributed by atoms with Crippen molar-refractivity contribution in [3.8, 4) is 0 Å². The quantitative estimate of drug-likeness (QED) is 0.573. The molecule has 0 aromatic rings. The van der Waals surface area contributed by atoms with Gasteiger partial charge in [0.05, 0.1) is 8.07 Å². The van der Waals surface area contributed by atoms with Gasteiger partial charge in [-0.2, -0.15) is 0 Å². The largest absolute Gasteiger partial charge is 0.504 e. The Labute approximate surface area is 125 Å². The second kappa shape index (κ2) is 5.88. The Morgan fingerprint density at radius 1 is 1.05 bits per heavy atom. The smallest absolute Gasteiger partial charge is 0.223 e. The molecule has 0 aliphatic heterocycles. The Kier molecular flexibility index (Phi) is 5.07. The third-order valence-corrected chi connectivity index (χ3v) is 12.2. The summed E-state index contributed by atoms with van der Waals surface area (Å²) in [6.45, 7) is 17.6. The number of carbonyl (C=O) groups excluding carboxylic acids is 1. The number of aliphatic hydroxyl groups excluding tert-OH is 1. The minimum absolute atomic E-state index is 0.0251. The lowest BCUT2D eigenvalue weighted by atomic mass is 10.0. The highest BCUT2D eigenvalue weighted by atomic mass is 28.3. The van der Waals surface area contributed by atoms with Gasteiger partial charge >= 0.3 is 0 Å². The number of hydrogen-bond donors (Lipinski definition) is 1. The number of aliphatic hydroxyl groups is 1. The van der Waals surface area contributed by atoms with Crippen molar-refractivity contribution in [3.05, 3.63) is 22.6 Å². The Hall–Kier alpha value is -0.833. The van der Waals surface area contributed by atoms with Crippen LogP contribution in [0, 0.1) is 5.92 Å². The number of carbonyl (C=O) groups is 1. The molecule has 0 bridgehead atoms. The van der Waals surface area contributed by atoms with Gasteiger partial charge < -0.3 is 5.11 Å². The normalized spacial score (nSPS) is 23.1. The van der Waals surface area contributed by atoms with E-state index >= 15 is 0 Å². The predicted molar refractivity (Wildman–Crippen MR) is 88.6 cm³/mol. The molecule has 0 saturated carbocycles. The lowest BCUT2D eigenvalue weighted by molar-refractivity contribution is -0.114. The van der Waals surface area contributed by atoms with Crippen molar-refractivity contribution in [2.24, 2.45) is 5.92 Å². The van der Waals surface area contributed by atoms with Crippen molar-refractivity contribution in [2.45, 2.75) is 72.0 Å². The number of Topliss-reactive ketones (excluding diaryl/α,β-unsaturated/α-hetero) is 1. The highest BCUT2D eigenvalue weighted by Crippen LogP contribution is 2.45. The van der Waals surface area contributed by atoms with E-state index in [1.54, 1.807) is 0 Å². The van der Waals surface area contributed by atoms with E-state index < -0.39 is 8.07 Å². The molecule has 1 rings (SSSR count). The molecule has 0 spiro atoms. The lowest BCUT2D eigenvalue weighted by Crippen LogP contribution is -2.43. The standard InChI is InChI=1S/C17H30O2Si/c1-10(2)20(11(3)4,12(5)6)9-15-13(7)14(8)16(18)17(15)19/h9-13,18H,1-8H3/b15-9-. The van der Waals surface area contributed by atoms with Crippen LogP contribution in [0.2, 0.25) is 16.6 Å². The summed E-state index contributed by atoms with van der Waals surface area (Å²) >= 11 is 0. The summed E-state index contributed by atoms with van der Waals surface area (Å²) in [5.74, 6) is -0.109. The van der Waals surface area contributed by atoms with E-state index in [2.05, 4.69) is 47.2 Å². The van der Waals surface area contributed by atoms with Crippen LogP contribution in [0.25, 0.3) is 0 Å². The van der Waals surface area contributed by atoms with Crippen molar-refractivity contribution in [2.75, 3.05) is 0 Å². The predicted octanol–water partition coefficient (Wildman–Crippen LogP) is 5.18. The maximum absolute atomic E-state index is 12.3. The number of hydrogen-bond acceptors (Lipinski definition) is 2. The van der Waals surface area contributed by atoms with Gasteiger partial charge in [-0.05, 0) is 29.1 Å². The highest BCUT2D eigenvalue weighted by molar-refractivity contribution is 6.88. The first-order chi connectivity index (χ1) is 9.07. The zero-order valence-corrected chi connectivity index (χ0v) is 15.2. The highest BCUT2D eigenvalue weighted by Gasteiger charge is 2.43. The summed E-state index contributed by atoms with van der Waals surface area (Å²) in [5.41, 5.74) is 5.71. The first-order valence-electron chi connectivity index (χ1n) is 7.74. The molecule has 20 heavy (non-hydrogen) atoms. The minimum Gasteiger partial charge on any atom is -0.504 e. The van der Waals surface area contributed by atoms with Crippen molar-refractivity contribution < 1.29 is 9.90 Å². The molecule has 0 saturated heterocycles. The van der Waals surface area contributed by atoms with Gasteiger partial charge in [-0.1, -0.05) is 54.2 Å². The molecular weight excluding hydrogens is 264 g/mol. The van der Waals surface area contributed by atoms with Crippen LogP contribution in [0.15, 0.2) is 22.6 Å².